The van der Waals surface area contributed by atoms with E-state index < -0.39 is 32.4 Å². The van der Waals surface area contributed by atoms with Gasteiger partial charge in [0.2, 0.25) is 0 Å². The number of benzene rings is 2. The lowest BCUT2D eigenvalue weighted by molar-refractivity contribution is 0.548. The second-order valence-corrected chi connectivity index (χ2v) is 6.29. The molecule has 1 N–H and O–H groups in total. The maximum Gasteiger partial charge on any atom is 0.265 e. The molecule has 2 aromatic carbocycles. The number of hydrogen-bond donors (Lipinski definition) is 1. The summed E-state index contributed by atoms with van der Waals surface area (Å²) in [6, 6.07) is 5.94. The molecule has 0 aromatic heterocycles. The zero-order valence-electron chi connectivity index (χ0n) is 9.70. The Morgan fingerprint density at radius 2 is 1.70 bits per heavy atom. The van der Waals surface area contributed by atoms with Crippen LogP contribution in [0.25, 0.3) is 0 Å². The molecule has 8 heteroatoms. The summed E-state index contributed by atoms with van der Waals surface area (Å²) in [6.07, 6.45) is 0. The summed E-state index contributed by atoms with van der Waals surface area (Å²) < 4.78 is 65.4. The first-order valence-corrected chi connectivity index (χ1v) is 7.50. The molecule has 0 aliphatic rings. The molecule has 0 radical (unpaired) electrons. The summed E-state index contributed by atoms with van der Waals surface area (Å²) >= 11 is 2.79. The van der Waals surface area contributed by atoms with Gasteiger partial charge in [-0.05, 0) is 40.2 Å². The van der Waals surface area contributed by atoms with Gasteiger partial charge in [0.1, 0.15) is 22.3 Å². The molecule has 0 saturated carbocycles. The van der Waals surface area contributed by atoms with E-state index in [1.807, 2.05) is 4.72 Å². The zero-order valence-corrected chi connectivity index (χ0v) is 12.1. The number of halogens is 4. The fraction of sp³-hybridized carbons (Fsp3) is 0. The van der Waals surface area contributed by atoms with Gasteiger partial charge >= 0.3 is 0 Å². The van der Waals surface area contributed by atoms with Gasteiger partial charge in [-0.25, -0.2) is 21.6 Å². The average Bonchev–Trinajstić information content (AvgIpc) is 2.25. The molecule has 0 amide bonds. The second kappa shape index (κ2) is 5.45. The van der Waals surface area contributed by atoms with Gasteiger partial charge in [-0.3, -0.25) is 4.72 Å². The van der Waals surface area contributed by atoms with Gasteiger partial charge < -0.3 is 0 Å². The minimum absolute atomic E-state index is 0.0689. The van der Waals surface area contributed by atoms with E-state index in [4.69, 9.17) is 0 Å². The van der Waals surface area contributed by atoms with Crippen molar-refractivity contribution in [3.63, 3.8) is 0 Å². The fourth-order valence-electron chi connectivity index (χ4n) is 1.54. The van der Waals surface area contributed by atoms with Crippen LogP contribution in [0.5, 0.6) is 0 Å². The third-order valence-electron chi connectivity index (χ3n) is 2.31. The van der Waals surface area contributed by atoms with Gasteiger partial charge in [0.25, 0.3) is 10.0 Å². The highest BCUT2D eigenvalue weighted by Crippen LogP contribution is 2.28. The third-order valence-corrected chi connectivity index (χ3v) is 4.65. The molecule has 2 rings (SSSR count). The highest BCUT2D eigenvalue weighted by Gasteiger charge is 2.23. The maximum absolute atomic E-state index is 13.6. The number of hydrogen-bond acceptors (Lipinski definition) is 2. The Morgan fingerprint density at radius 1 is 1.00 bits per heavy atom. The lowest BCUT2D eigenvalue weighted by Gasteiger charge is -2.10. The van der Waals surface area contributed by atoms with Crippen LogP contribution in [0.4, 0.5) is 18.9 Å². The molecule has 0 aliphatic carbocycles. The summed E-state index contributed by atoms with van der Waals surface area (Å²) in [5, 5.41) is 0. The monoisotopic (exact) mass is 365 g/mol. The quantitative estimate of drug-likeness (QED) is 0.901. The first kappa shape index (κ1) is 14.9. The van der Waals surface area contributed by atoms with Gasteiger partial charge in [-0.15, -0.1) is 0 Å². The van der Waals surface area contributed by atoms with E-state index in [9.17, 15) is 21.6 Å². The summed E-state index contributed by atoms with van der Waals surface area (Å²) in [5.41, 5.74) is -0.0689. The largest absolute Gasteiger partial charge is 0.279 e. The van der Waals surface area contributed by atoms with Crippen LogP contribution in [0, 0.1) is 17.5 Å². The number of rotatable bonds is 3. The smallest absolute Gasteiger partial charge is 0.265 e. The number of anilines is 1. The van der Waals surface area contributed by atoms with Gasteiger partial charge in [0, 0.05) is 10.5 Å². The standard InChI is InChI=1S/C12H7BrF3NO2S/c13-10-5-8(15)6-11(16)12(10)20(18,19)17-9-3-1-2-7(14)4-9/h1-6,17H. The van der Waals surface area contributed by atoms with Crippen LogP contribution >= 0.6 is 15.9 Å². The average molecular weight is 366 g/mol. The fourth-order valence-corrected chi connectivity index (χ4v) is 3.76. The Balaban J connectivity index is 2.46. The normalized spacial score (nSPS) is 11.4. The molecule has 0 unspecified atom stereocenters. The van der Waals surface area contributed by atoms with Crippen LogP contribution in [0.1, 0.15) is 0 Å². The first-order chi connectivity index (χ1) is 9.29. The van der Waals surface area contributed by atoms with E-state index >= 15 is 0 Å². The minimum Gasteiger partial charge on any atom is -0.279 e. The molecule has 0 bridgehead atoms. The molecule has 0 heterocycles. The molecular formula is C12H7BrF3NO2S. The van der Waals surface area contributed by atoms with Crippen molar-refractivity contribution in [2.75, 3.05) is 4.72 Å². The van der Waals surface area contributed by atoms with Crippen molar-refractivity contribution >= 4 is 31.6 Å². The van der Waals surface area contributed by atoms with E-state index in [1.165, 1.54) is 12.1 Å². The Hall–Kier alpha value is -1.54. The molecule has 3 nitrogen and oxygen atoms in total. The lowest BCUT2D eigenvalue weighted by atomic mass is 10.3. The molecule has 2 aromatic rings. The minimum atomic E-state index is -4.31. The molecule has 0 spiro atoms. The van der Waals surface area contributed by atoms with E-state index in [-0.39, 0.29) is 10.2 Å². The number of sulfonamides is 1. The zero-order chi connectivity index (χ0) is 14.9. The van der Waals surface area contributed by atoms with Crippen LogP contribution in [0.2, 0.25) is 0 Å². The summed E-state index contributed by atoms with van der Waals surface area (Å²) in [7, 11) is -4.31. The molecule has 0 atom stereocenters. The van der Waals surface area contributed by atoms with Crippen molar-refractivity contribution in [3.8, 4) is 0 Å². The highest BCUT2D eigenvalue weighted by molar-refractivity contribution is 9.10. The van der Waals surface area contributed by atoms with Gasteiger partial charge in [0.15, 0.2) is 0 Å². The lowest BCUT2D eigenvalue weighted by Crippen LogP contribution is -2.15. The highest BCUT2D eigenvalue weighted by atomic mass is 79.9. The Bertz CT molecular complexity index is 742. The Morgan fingerprint density at radius 3 is 2.30 bits per heavy atom. The Labute approximate surface area is 121 Å². The molecule has 0 saturated heterocycles. The van der Waals surface area contributed by atoms with Gasteiger partial charge in [-0.2, -0.15) is 0 Å². The van der Waals surface area contributed by atoms with Crippen molar-refractivity contribution in [2.24, 2.45) is 0 Å². The second-order valence-electron chi connectivity index (χ2n) is 3.81. The van der Waals surface area contributed by atoms with Gasteiger partial charge in [-0.1, -0.05) is 6.07 Å². The molecule has 20 heavy (non-hydrogen) atoms. The van der Waals surface area contributed by atoms with Crippen molar-refractivity contribution in [3.05, 3.63) is 58.3 Å². The summed E-state index contributed by atoms with van der Waals surface area (Å²) in [6.45, 7) is 0. The van der Waals surface area contributed by atoms with Crippen LogP contribution in [0.3, 0.4) is 0 Å². The van der Waals surface area contributed by atoms with Crippen LogP contribution in [-0.4, -0.2) is 8.42 Å². The number of nitrogens with one attached hydrogen (secondary N) is 1. The van der Waals surface area contributed by atoms with Crippen molar-refractivity contribution in [1.29, 1.82) is 0 Å². The molecule has 0 fully saturated rings. The van der Waals surface area contributed by atoms with E-state index in [1.54, 1.807) is 0 Å². The molecule has 106 valence electrons. The van der Waals surface area contributed by atoms with E-state index in [0.29, 0.717) is 6.07 Å². The van der Waals surface area contributed by atoms with Crippen LogP contribution < -0.4 is 4.72 Å². The molecular weight excluding hydrogens is 359 g/mol. The Kier molecular flexibility index (Phi) is 4.05. The van der Waals surface area contributed by atoms with Crippen molar-refractivity contribution < 1.29 is 21.6 Å². The van der Waals surface area contributed by atoms with E-state index in [2.05, 4.69) is 15.9 Å². The topological polar surface area (TPSA) is 46.2 Å². The SMILES string of the molecule is O=S(=O)(Nc1cccc(F)c1)c1c(F)cc(F)cc1Br. The molecule has 0 aliphatic heterocycles. The van der Waals surface area contributed by atoms with Gasteiger partial charge in [0.05, 0.1) is 5.69 Å². The predicted octanol–water partition coefficient (Wildman–Crippen LogP) is 3.67. The van der Waals surface area contributed by atoms with E-state index in [0.717, 1.165) is 18.2 Å². The maximum atomic E-state index is 13.6. The third kappa shape index (κ3) is 3.13. The summed E-state index contributed by atoms with van der Waals surface area (Å²) in [5.74, 6) is -2.82. The van der Waals surface area contributed by atoms with Crippen molar-refractivity contribution in [2.45, 2.75) is 4.90 Å². The van der Waals surface area contributed by atoms with Crippen LogP contribution in [0.15, 0.2) is 45.8 Å². The first-order valence-electron chi connectivity index (χ1n) is 5.22. The summed E-state index contributed by atoms with van der Waals surface area (Å²) in [4.78, 5) is -0.747. The predicted molar refractivity (Wildman–Crippen MR) is 71.3 cm³/mol. The van der Waals surface area contributed by atoms with Crippen molar-refractivity contribution in [1.82, 2.24) is 0 Å². The van der Waals surface area contributed by atoms with Crippen LogP contribution in [-0.2, 0) is 10.0 Å².